The Hall–Kier alpha value is -2.36. The first-order chi connectivity index (χ1) is 9.38. The molecule has 0 aliphatic heterocycles. The van der Waals surface area contributed by atoms with Gasteiger partial charge in [-0.15, -0.1) is 0 Å². The van der Waals surface area contributed by atoms with Crippen molar-refractivity contribution in [3.05, 3.63) is 64.2 Å². The number of rotatable bonds is 3. The lowest BCUT2D eigenvalue weighted by Crippen LogP contribution is -2.12. The Morgan fingerprint density at radius 1 is 1.00 bits per heavy atom. The van der Waals surface area contributed by atoms with Gasteiger partial charge in [-0.25, -0.2) is 0 Å². The van der Waals surface area contributed by atoms with Crippen LogP contribution >= 0.6 is 0 Å². The van der Waals surface area contributed by atoms with Crippen LogP contribution in [0.5, 0.6) is 11.5 Å². The van der Waals surface area contributed by atoms with Crippen LogP contribution in [0.1, 0.15) is 26.3 Å². The largest absolute Gasteiger partial charge is 0.457 e. The van der Waals surface area contributed by atoms with Gasteiger partial charge in [-0.3, -0.25) is 10.1 Å². The first-order valence-electron chi connectivity index (χ1n) is 6.40. The van der Waals surface area contributed by atoms with Crippen molar-refractivity contribution in [3.63, 3.8) is 0 Å². The van der Waals surface area contributed by atoms with Gasteiger partial charge in [0, 0.05) is 17.7 Å². The van der Waals surface area contributed by atoms with Crippen LogP contribution in [-0.2, 0) is 5.41 Å². The summed E-state index contributed by atoms with van der Waals surface area (Å²) in [6.45, 7) is 6.35. The number of ether oxygens (including phenoxy) is 1. The van der Waals surface area contributed by atoms with E-state index in [9.17, 15) is 10.1 Å². The van der Waals surface area contributed by atoms with Gasteiger partial charge in [0.1, 0.15) is 11.5 Å². The quantitative estimate of drug-likeness (QED) is 0.601. The van der Waals surface area contributed by atoms with Gasteiger partial charge in [0.05, 0.1) is 4.92 Å². The average molecular weight is 271 g/mol. The normalized spacial score (nSPS) is 11.2. The summed E-state index contributed by atoms with van der Waals surface area (Å²) in [5.74, 6) is 1.36. The number of hydrogen-bond donors (Lipinski definition) is 0. The van der Waals surface area contributed by atoms with Gasteiger partial charge >= 0.3 is 0 Å². The lowest BCUT2D eigenvalue weighted by atomic mass is 9.86. The molecule has 0 unspecified atom stereocenters. The number of hydrogen-bond acceptors (Lipinski definition) is 3. The third-order valence-corrected chi connectivity index (χ3v) is 2.97. The van der Waals surface area contributed by atoms with Crippen molar-refractivity contribution in [2.45, 2.75) is 26.2 Å². The molecule has 0 bridgehead atoms. The van der Waals surface area contributed by atoms with Gasteiger partial charge in [-0.2, -0.15) is 0 Å². The molecule has 104 valence electrons. The van der Waals surface area contributed by atoms with E-state index in [1.807, 2.05) is 24.3 Å². The van der Waals surface area contributed by atoms with Crippen LogP contribution in [0.3, 0.4) is 0 Å². The Kier molecular flexibility index (Phi) is 3.74. The summed E-state index contributed by atoms with van der Waals surface area (Å²) in [6.07, 6.45) is 0. The van der Waals surface area contributed by atoms with E-state index < -0.39 is 4.92 Å². The van der Waals surface area contributed by atoms with Gasteiger partial charge < -0.3 is 4.74 Å². The monoisotopic (exact) mass is 271 g/mol. The van der Waals surface area contributed by atoms with Crippen molar-refractivity contribution in [1.82, 2.24) is 0 Å². The highest BCUT2D eigenvalue weighted by molar-refractivity contribution is 5.43. The van der Waals surface area contributed by atoms with Crippen molar-refractivity contribution >= 4 is 5.69 Å². The molecule has 0 spiro atoms. The van der Waals surface area contributed by atoms with Crippen molar-refractivity contribution in [1.29, 1.82) is 0 Å². The van der Waals surface area contributed by atoms with Crippen molar-refractivity contribution < 1.29 is 9.66 Å². The van der Waals surface area contributed by atoms with E-state index in [2.05, 4.69) is 20.8 Å². The highest BCUT2D eigenvalue weighted by Gasteiger charge is 2.18. The number of para-hydroxylation sites is 1. The Balaban J connectivity index is 2.28. The molecule has 2 aromatic rings. The van der Waals surface area contributed by atoms with Gasteiger partial charge in [0.15, 0.2) is 0 Å². The van der Waals surface area contributed by atoms with Gasteiger partial charge in [-0.05, 0) is 23.6 Å². The fourth-order valence-corrected chi connectivity index (χ4v) is 1.94. The predicted octanol–water partition coefficient (Wildman–Crippen LogP) is 4.68. The van der Waals surface area contributed by atoms with Crippen molar-refractivity contribution in [3.8, 4) is 11.5 Å². The number of non-ortho nitro benzene ring substituents is 1. The zero-order valence-electron chi connectivity index (χ0n) is 11.8. The summed E-state index contributed by atoms with van der Waals surface area (Å²) in [5.41, 5.74) is 1.12. The van der Waals surface area contributed by atoms with Gasteiger partial charge in [0.2, 0.25) is 0 Å². The smallest absolute Gasteiger partial charge is 0.269 e. The highest BCUT2D eigenvalue weighted by atomic mass is 16.6. The summed E-state index contributed by atoms with van der Waals surface area (Å²) in [4.78, 5) is 10.2. The summed E-state index contributed by atoms with van der Waals surface area (Å²) >= 11 is 0. The fraction of sp³-hybridized carbons (Fsp3) is 0.250. The number of nitrogens with zero attached hydrogens (tertiary/aromatic N) is 1. The van der Waals surface area contributed by atoms with E-state index in [4.69, 9.17) is 4.74 Å². The molecule has 0 aromatic heterocycles. The van der Waals surface area contributed by atoms with Crippen LogP contribution in [0.15, 0.2) is 48.5 Å². The van der Waals surface area contributed by atoms with Gasteiger partial charge in [-0.1, -0.05) is 39.0 Å². The average Bonchev–Trinajstić information content (AvgIpc) is 2.38. The minimum absolute atomic E-state index is 0.0304. The molecule has 0 saturated carbocycles. The SMILES string of the molecule is CC(C)(C)c1ccccc1Oc1ccc([N+](=O)[O-])cc1. The molecule has 0 aliphatic carbocycles. The molecule has 2 rings (SSSR count). The van der Waals surface area contributed by atoms with Crippen LogP contribution in [0.4, 0.5) is 5.69 Å². The molecule has 0 heterocycles. The molecule has 0 fully saturated rings. The summed E-state index contributed by atoms with van der Waals surface area (Å²) in [7, 11) is 0. The topological polar surface area (TPSA) is 52.4 Å². The Bertz CT molecular complexity index is 612. The second-order valence-corrected chi connectivity index (χ2v) is 5.60. The molecule has 0 amide bonds. The molecule has 0 atom stereocenters. The molecule has 20 heavy (non-hydrogen) atoms. The van der Waals surface area contributed by atoms with E-state index in [1.165, 1.54) is 12.1 Å². The Labute approximate surface area is 118 Å². The van der Waals surface area contributed by atoms with Gasteiger partial charge in [0.25, 0.3) is 5.69 Å². The molecule has 4 nitrogen and oxygen atoms in total. The number of benzene rings is 2. The Morgan fingerprint density at radius 3 is 2.15 bits per heavy atom. The Morgan fingerprint density at radius 2 is 1.60 bits per heavy atom. The van der Waals surface area contributed by atoms with Crippen LogP contribution in [0, 0.1) is 10.1 Å². The molecule has 0 N–H and O–H groups in total. The number of nitro groups is 1. The van der Waals surface area contributed by atoms with Crippen LogP contribution in [0.25, 0.3) is 0 Å². The maximum absolute atomic E-state index is 10.6. The molecular weight excluding hydrogens is 254 g/mol. The van der Waals surface area contributed by atoms with Crippen molar-refractivity contribution in [2.24, 2.45) is 0 Å². The molecular formula is C16H17NO3. The van der Waals surface area contributed by atoms with E-state index >= 15 is 0 Å². The lowest BCUT2D eigenvalue weighted by molar-refractivity contribution is -0.384. The van der Waals surface area contributed by atoms with E-state index in [1.54, 1.807) is 12.1 Å². The second-order valence-electron chi connectivity index (χ2n) is 5.60. The molecule has 0 saturated heterocycles. The summed E-state index contributed by atoms with van der Waals surface area (Å²) < 4.78 is 5.85. The zero-order chi connectivity index (χ0) is 14.8. The highest BCUT2D eigenvalue weighted by Crippen LogP contribution is 2.34. The minimum Gasteiger partial charge on any atom is -0.457 e. The molecule has 0 aliphatic rings. The third kappa shape index (κ3) is 3.15. The first kappa shape index (κ1) is 14.1. The second kappa shape index (κ2) is 5.33. The lowest BCUT2D eigenvalue weighted by Gasteiger charge is -2.22. The first-order valence-corrected chi connectivity index (χ1v) is 6.40. The van der Waals surface area contributed by atoms with E-state index in [0.29, 0.717) is 5.75 Å². The van der Waals surface area contributed by atoms with E-state index in [0.717, 1.165) is 11.3 Å². The van der Waals surface area contributed by atoms with Crippen LogP contribution < -0.4 is 4.74 Å². The third-order valence-electron chi connectivity index (χ3n) is 2.97. The van der Waals surface area contributed by atoms with Crippen LogP contribution in [-0.4, -0.2) is 4.92 Å². The van der Waals surface area contributed by atoms with Crippen molar-refractivity contribution in [2.75, 3.05) is 0 Å². The minimum atomic E-state index is -0.424. The molecule has 2 aromatic carbocycles. The fourth-order valence-electron chi connectivity index (χ4n) is 1.94. The van der Waals surface area contributed by atoms with Crippen LogP contribution in [0.2, 0.25) is 0 Å². The van der Waals surface area contributed by atoms with E-state index in [-0.39, 0.29) is 11.1 Å². The molecule has 0 radical (unpaired) electrons. The predicted molar refractivity (Wildman–Crippen MR) is 78.3 cm³/mol. The maximum atomic E-state index is 10.6. The zero-order valence-corrected chi connectivity index (χ0v) is 11.8. The maximum Gasteiger partial charge on any atom is 0.269 e. The molecule has 4 heteroatoms. The standard InChI is InChI=1S/C16H17NO3/c1-16(2,3)14-6-4-5-7-15(14)20-13-10-8-12(9-11-13)17(18)19/h4-11H,1-3H3. The summed E-state index contributed by atoms with van der Waals surface area (Å²) in [5, 5.41) is 10.6. The number of nitro benzene ring substituents is 1. The summed E-state index contributed by atoms with van der Waals surface area (Å²) in [6, 6.07) is 13.9.